The third kappa shape index (κ3) is 2.77. The van der Waals surface area contributed by atoms with Gasteiger partial charge in [0.05, 0.1) is 5.69 Å². The molecule has 88 valence electrons. The maximum absolute atomic E-state index is 5.78. The molecule has 1 heterocycles. The van der Waals surface area contributed by atoms with Crippen LogP contribution in [-0.2, 0) is 0 Å². The molecule has 0 spiro atoms. The molecule has 0 amide bonds. The van der Waals surface area contributed by atoms with Crippen LogP contribution in [0.25, 0.3) is 0 Å². The van der Waals surface area contributed by atoms with Gasteiger partial charge in [0.2, 0.25) is 0 Å². The first-order chi connectivity index (χ1) is 7.56. The summed E-state index contributed by atoms with van der Waals surface area (Å²) in [7, 11) is 0. The Morgan fingerprint density at radius 1 is 1.31 bits per heavy atom. The Labute approximate surface area is 115 Å². The lowest BCUT2D eigenvalue weighted by atomic mass is 10.2. The first kappa shape index (κ1) is 12.4. The van der Waals surface area contributed by atoms with Crippen molar-refractivity contribution in [1.82, 2.24) is 0 Å². The van der Waals surface area contributed by atoms with E-state index in [0.29, 0.717) is 10.5 Å². The maximum atomic E-state index is 5.78. The second-order valence-electron chi connectivity index (χ2n) is 4.37. The quantitative estimate of drug-likeness (QED) is 0.624. The molecule has 1 aliphatic heterocycles. The van der Waals surface area contributed by atoms with Crippen LogP contribution >= 0.6 is 34.4 Å². The number of nitrogen functional groups attached to an aromatic ring is 1. The van der Waals surface area contributed by atoms with E-state index in [-0.39, 0.29) is 0 Å². The van der Waals surface area contributed by atoms with E-state index in [0.717, 1.165) is 18.8 Å². The first-order valence-corrected chi connectivity index (χ1v) is 7.54. The molecular formula is C12H17IN2S. The molecule has 1 aromatic rings. The van der Waals surface area contributed by atoms with Gasteiger partial charge in [0.15, 0.2) is 0 Å². The minimum atomic E-state index is 0.706. The van der Waals surface area contributed by atoms with Gasteiger partial charge in [-0.1, -0.05) is 13.8 Å². The fourth-order valence-electron chi connectivity index (χ4n) is 2.15. The topological polar surface area (TPSA) is 29.3 Å². The monoisotopic (exact) mass is 348 g/mol. The zero-order valence-corrected chi connectivity index (χ0v) is 12.6. The summed E-state index contributed by atoms with van der Waals surface area (Å²) in [4.78, 5) is 2.48. The number of benzene rings is 1. The SMILES string of the molecule is CC1CN(c2ccc(N)cc2I)CC(C)S1. The van der Waals surface area contributed by atoms with Crippen molar-refractivity contribution < 1.29 is 0 Å². The van der Waals surface area contributed by atoms with Crippen molar-refractivity contribution in [2.24, 2.45) is 0 Å². The van der Waals surface area contributed by atoms with Gasteiger partial charge < -0.3 is 10.6 Å². The Bertz CT molecular complexity index is 373. The lowest BCUT2D eigenvalue weighted by molar-refractivity contribution is 0.727. The fourth-order valence-corrected chi connectivity index (χ4v) is 4.36. The van der Waals surface area contributed by atoms with Gasteiger partial charge >= 0.3 is 0 Å². The minimum Gasteiger partial charge on any atom is -0.399 e. The summed E-state index contributed by atoms with van der Waals surface area (Å²) in [5.41, 5.74) is 7.96. The Balaban J connectivity index is 2.23. The molecule has 2 atom stereocenters. The predicted molar refractivity (Wildman–Crippen MR) is 82.3 cm³/mol. The zero-order valence-electron chi connectivity index (χ0n) is 9.61. The summed E-state index contributed by atoms with van der Waals surface area (Å²) in [6.45, 7) is 6.87. The molecule has 0 aliphatic carbocycles. The third-order valence-electron chi connectivity index (χ3n) is 2.73. The summed E-state index contributed by atoms with van der Waals surface area (Å²) in [6.07, 6.45) is 0. The van der Waals surface area contributed by atoms with Crippen LogP contribution in [0.2, 0.25) is 0 Å². The number of halogens is 1. The predicted octanol–water partition coefficient (Wildman–Crippen LogP) is 3.20. The van der Waals surface area contributed by atoms with Crippen LogP contribution in [0.15, 0.2) is 18.2 Å². The molecule has 0 radical (unpaired) electrons. The van der Waals surface area contributed by atoms with Gasteiger partial charge in [-0.25, -0.2) is 0 Å². The van der Waals surface area contributed by atoms with Crippen molar-refractivity contribution >= 4 is 45.7 Å². The van der Waals surface area contributed by atoms with Crippen molar-refractivity contribution in [3.05, 3.63) is 21.8 Å². The highest BCUT2D eigenvalue weighted by Crippen LogP contribution is 2.31. The molecule has 4 heteroatoms. The largest absolute Gasteiger partial charge is 0.399 e. The number of anilines is 2. The van der Waals surface area contributed by atoms with Crippen LogP contribution in [0.4, 0.5) is 11.4 Å². The average Bonchev–Trinajstić information content (AvgIpc) is 2.15. The number of hydrogen-bond donors (Lipinski definition) is 1. The number of thioether (sulfide) groups is 1. The van der Waals surface area contributed by atoms with E-state index in [4.69, 9.17) is 5.73 Å². The summed E-state index contributed by atoms with van der Waals surface area (Å²) in [5.74, 6) is 0. The second-order valence-corrected chi connectivity index (χ2v) is 7.42. The maximum Gasteiger partial charge on any atom is 0.0504 e. The van der Waals surface area contributed by atoms with Gasteiger partial charge in [-0.05, 0) is 40.8 Å². The highest BCUT2D eigenvalue weighted by atomic mass is 127. The molecule has 2 nitrogen and oxygen atoms in total. The zero-order chi connectivity index (χ0) is 11.7. The minimum absolute atomic E-state index is 0.706. The normalized spacial score (nSPS) is 25.8. The molecule has 2 rings (SSSR count). The summed E-state index contributed by atoms with van der Waals surface area (Å²) in [6, 6.07) is 6.19. The van der Waals surface area contributed by atoms with Crippen molar-refractivity contribution in [3.8, 4) is 0 Å². The van der Waals surface area contributed by atoms with Crippen LogP contribution < -0.4 is 10.6 Å². The van der Waals surface area contributed by atoms with Gasteiger partial charge in [-0.2, -0.15) is 11.8 Å². The first-order valence-electron chi connectivity index (χ1n) is 5.51. The fraction of sp³-hybridized carbons (Fsp3) is 0.500. The van der Waals surface area contributed by atoms with Gasteiger partial charge in [-0.15, -0.1) is 0 Å². The Morgan fingerprint density at radius 3 is 2.50 bits per heavy atom. The van der Waals surface area contributed by atoms with Gasteiger partial charge in [0.1, 0.15) is 0 Å². The molecule has 1 aliphatic rings. The van der Waals surface area contributed by atoms with E-state index >= 15 is 0 Å². The van der Waals surface area contributed by atoms with Gasteiger partial charge in [0, 0.05) is 32.8 Å². The molecule has 0 saturated carbocycles. The van der Waals surface area contributed by atoms with Crippen LogP contribution in [0, 0.1) is 3.57 Å². The third-order valence-corrected chi connectivity index (χ3v) is 4.82. The highest BCUT2D eigenvalue weighted by molar-refractivity contribution is 14.1. The Hall–Kier alpha value is -0.100. The molecule has 2 unspecified atom stereocenters. The summed E-state index contributed by atoms with van der Waals surface area (Å²) in [5, 5.41) is 1.41. The number of rotatable bonds is 1. The molecule has 2 N–H and O–H groups in total. The molecule has 1 fully saturated rings. The van der Waals surface area contributed by atoms with E-state index in [1.807, 2.05) is 12.1 Å². The summed E-state index contributed by atoms with van der Waals surface area (Å²) >= 11 is 4.45. The van der Waals surface area contributed by atoms with E-state index in [2.05, 4.69) is 59.2 Å². The standard InChI is InChI=1S/C12H17IN2S/c1-8-6-15(7-9(2)16-8)12-4-3-10(14)5-11(12)13/h3-5,8-9H,6-7,14H2,1-2H3. The van der Waals surface area contributed by atoms with Gasteiger partial charge in [0.25, 0.3) is 0 Å². The smallest absolute Gasteiger partial charge is 0.0504 e. The van der Waals surface area contributed by atoms with Crippen LogP contribution in [0.1, 0.15) is 13.8 Å². The number of hydrogen-bond acceptors (Lipinski definition) is 3. The van der Waals surface area contributed by atoms with E-state index in [1.54, 1.807) is 0 Å². The van der Waals surface area contributed by atoms with Crippen LogP contribution in [-0.4, -0.2) is 23.6 Å². The van der Waals surface area contributed by atoms with Crippen molar-refractivity contribution in [2.75, 3.05) is 23.7 Å². The molecule has 1 saturated heterocycles. The lowest BCUT2D eigenvalue weighted by Gasteiger charge is -2.36. The highest BCUT2D eigenvalue weighted by Gasteiger charge is 2.23. The summed E-state index contributed by atoms with van der Waals surface area (Å²) < 4.78 is 1.25. The van der Waals surface area contributed by atoms with Crippen LogP contribution in [0.5, 0.6) is 0 Å². The molecule has 16 heavy (non-hydrogen) atoms. The molecule has 1 aromatic carbocycles. The van der Waals surface area contributed by atoms with E-state index in [9.17, 15) is 0 Å². The number of nitrogens with two attached hydrogens (primary N) is 1. The van der Waals surface area contributed by atoms with Gasteiger partial charge in [-0.3, -0.25) is 0 Å². The van der Waals surface area contributed by atoms with Crippen molar-refractivity contribution in [2.45, 2.75) is 24.3 Å². The molecular weight excluding hydrogens is 331 g/mol. The second kappa shape index (κ2) is 5.04. The Kier molecular flexibility index (Phi) is 3.89. The van der Waals surface area contributed by atoms with E-state index < -0.39 is 0 Å². The average molecular weight is 348 g/mol. The lowest BCUT2D eigenvalue weighted by Crippen LogP contribution is -2.40. The number of nitrogens with zero attached hydrogens (tertiary/aromatic N) is 1. The molecule has 0 aromatic heterocycles. The Morgan fingerprint density at radius 2 is 1.94 bits per heavy atom. The molecule has 0 bridgehead atoms. The van der Waals surface area contributed by atoms with E-state index in [1.165, 1.54) is 9.26 Å². The van der Waals surface area contributed by atoms with Crippen LogP contribution in [0.3, 0.4) is 0 Å². The van der Waals surface area contributed by atoms with Crippen molar-refractivity contribution in [1.29, 1.82) is 0 Å². The van der Waals surface area contributed by atoms with Crippen molar-refractivity contribution in [3.63, 3.8) is 0 Å².